The van der Waals surface area contributed by atoms with Gasteiger partial charge in [0.05, 0.1) is 0 Å². The van der Waals surface area contributed by atoms with Gasteiger partial charge in [-0.25, -0.2) is 0 Å². The third-order valence-corrected chi connectivity index (χ3v) is 6.44. The standard InChI is InChI=1S/C13H23P/c1-9(2)14-13-6-10-3-11(7-13)5-12(4-10)8-13/h9-12,14H,3-8H2,1-2H3. The monoisotopic (exact) mass is 210 g/mol. The molecule has 0 radical (unpaired) electrons. The Morgan fingerprint density at radius 3 is 1.71 bits per heavy atom. The molecule has 0 spiro atoms. The van der Waals surface area contributed by atoms with Crippen LogP contribution < -0.4 is 0 Å². The van der Waals surface area contributed by atoms with Crippen LogP contribution in [0.5, 0.6) is 0 Å². The zero-order valence-corrected chi connectivity index (χ0v) is 10.6. The molecule has 1 heteroatoms. The summed E-state index contributed by atoms with van der Waals surface area (Å²) in [5.74, 6) is 3.44. The maximum absolute atomic E-state index is 2.43. The van der Waals surface area contributed by atoms with Crippen LogP contribution in [0.15, 0.2) is 0 Å². The maximum Gasteiger partial charge on any atom is -0.0112 e. The summed E-state index contributed by atoms with van der Waals surface area (Å²) in [6, 6.07) is 0. The van der Waals surface area contributed by atoms with Crippen LogP contribution in [0.1, 0.15) is 52.4 Å². The van der Waals surface area contributed by atoms with E-state index in [-0.39, 0.29) is 0 Å². The van der Waals surface area contributed by atoms with Crippen LogP contribution in [-0.4, -0.2) is 10.8 Å². The first-order chi connectivity index (χ1) is 6.65. The van der Waals surface area contributed by atoms with Gasteiger partial charge in [0.25, 0.3) is 0 Å². The lowest BCUT2D eigenvalue weighted by atomic mass is 9.56. The molecule has 4 bridgehead atoms. The van der Waals surface area contributed by atoms with Gasteiger partial charge in [0.15, 0.2) is 0 Å². The molecule has 1 atom stereocenters. The predicted octanol–water partition coefficient (Wildman–Crippen LogP) is 4.04. The second-order valence-electron chi connectivity index (χ2n) is 6.50. The van der Waals surface area contributed by atoms with E-state index in [9.17, 15) is 0 Å². The van der Waals surface area contributed by atoms with Crippen molar-refractivity contribution in [2.24, 2.45) is 17.8 Å². The Balaban J connectivity index is 1.80. The summed E-state index contributed by atoms with van der Waals surface area (Å²) in [5.41, 5.74) is 0.950. The molecule has 80 valence electrons. The summed E-state index contributed by atoms with van der Waals surface area (Å²) < 4.78 is 0. The van der Waals surface area contributed by atoms with E-state index < -0.39 is 0 Å². The minimum absolute atomic E-state index is 0.850. The summed E-state index contributed by atoms with van der Waals surface area (Å²) in [6.45, 7) is 4.86. The summed E-state index contributed by atoms with van der Waals surface area (Å²) in [7, 11) is 1.26. The Bertz CT molecular complexity index is 190. The highest BCUT2D eigenvalue weighted by Gasteiger charge is 2.50. The quantitative estimate of drug-likeness (QED) is 0.603. The fourth-order valence-electron chi connectivity index (χ4n) is 4.90. The van der Waals surface area contributed by atoms with E-state index in [1.54, 1.807) is 38.5 Å². The van der Waals surface area contributed by atoms with E-state index in [4.69, 9.17) is 0 Å². The molecule has 0 aliphatic heterocycles. The Kier molecular flexibility index (Phi) is 2.21. The third kappa shape index (κ3) is 1.54. The van der Waals surface area contributed by atoms with Gasteiger partial charge in [-0.15, -0.1) is 8.58 Å². The van der Waals surface area contributed by atoms with Crippen LogP contribution >= 0.6 is 8.58 Å². The van der Waals surface area contributed by atoms with Crippen LogP contribution in [0, 0.1) is 17.8 Å². The van der Waals surface area contributed by atoms with E-state index in [0.717, 1.165) is 28.6 Å². The molecule has 0 aromatic heterocycles. The van der Waals surface area contributed by atoms with Crippen molar-refractivity contribution >= 4 is 8.58 Å². The van der Waals surface area contributed by atoms with Crippen molar-refractivity contribution in [1.82, 2.24) is 0 Å². The average Bonchev–Trinajstić information content (AvgIpc) is 1.96. The molecule has 0 heterocycles. The van der Waals surface area contributed by atoms with Gasteiger partial charge in [-0.2, -0.15) is 0 Å². The molecule has 4 rings (SSSR count). The molecule has 0 aromatic carbocycles. The lowest BCUT2D eigenvalue weighted by Crippen LogP contribution is -2.48. The molecule has 0 amide bonds. The molecule has 0 nitrogen and oxygen atoms in total. The van der Waals surface area contributed by atoms with Gasteiger partial charge in [-0.3, -0.25) is 0 Å². The van der Waals surface area contributed by atoms with Gasteiger partial charge < -0.3 is 0 Å². The van der Waals surface area contributed by atoms with Crippen LogP contribution in [0.3, 0.4) is 0 Å². The highest BCUT2D eigenvalue weighted by molar-refractivity contribution is 7.40. The maximum atomic E-state index is 2.43. The average molecular weight is 210 g/mol. The van der Waals surface area contributed by atoms with Gasteiger partial charge in [-0.05, 0) is 67.1 Å². The summed E-state index contributed by atoms with van der Waals surface area (Å²) in [4.78, 5) is 0. The van der Waals surface area contributed by atoms with Gasteiger partial charge in [0.2, 0.25) is 0 Å². The lowest BCUT2D eigenvalue weighted by molar-refractivity contribution is 0.0365. The molecule has 4 fully saturated rings. The topological polar surface area (TPSA) is 0 Å². The number of hydrogen-bond acceptors (Lipinski definition) is 0. The highest BCUT2D eigenvalue weighted by atomic mass is 31.1. The zero-order valence-electron chi connectivity index (χ0n) is 9.55. The molecular weight excluding hydrogens is 187 g/mol. The van der Waals surface area contributed by atoms with Crippen LogP contribution in [0.4, 0.5) is 0 Å². The van der Waals surface area contributed by atoms with Crippen molar-refractivity contribution in [2.75, 3.05) is 0 Å². The van der Waals surface area contributed by atoms with Gasteiger partial charge in [0.1, 0.15) is 0 Å². The van der Waals surface area contributed by atoms with E-state index in [0.29, 0.717) is 0 Å². The predicted molar refractivity (Wildman–Crippen MR) is 64.4 cm³/mol. The van der Waals surface area contributed by atoms with Crippen molar-refractivity contribution < 1.29 is 0 Å². The Hall–Kier alpha value is 0.430. The second-order valence-corrected chi connectivity index (χ2v) is 9.00. The molecule has 4 aliphatic rings. The minimum Gasteiger partial charge on any atom is -0.113 e. The fourth-order valence-corrected chi connectivity index (χ4v) is 7.34. The lowest BCUT2D eigenvalue weighted by Gasteiger charge is -2.57. The first kappa shape index (κ1) is 9.64. The Morgan fingerprint density at radius 1 is 0.929 bits per heavy atom. The van der Waals surface area contributed by atoms with Crippen molar-refractivity contribution in [1.29, 1.82) is 0 Å². The minimum atomic E-state index is 0.850. The summed E-state index contributed by atoms with van der Waals surface area (Å²) in [5, 5.41) is 0.850. The summed E-state index contributed by atoms with van der Waals surface area (Å²) in [6.07, 6.45) is 9.62. The smallest absolute Gasteiger partial charge is 0.0112 e. The largest absolute Gasteiger partial charge is 0.113 e. The van der Waals surface area contributed by atoms with Crippen LogP contribution in [-0.2, 0) is 0 Å². The van der Waals surface area contributed by atoms with Crippen molar-refractivity contribution in [3.8, 4) is 0 Å². The number of rotatable bonds is 2. The fraction of sp³-hybridized carbons (Fsp3) is 1.00. The van der Waals surface area contributed by atoms with Crippen molar-refractivity contribution in [3.05, 3.63) is 0 Å². The normalized spacial score (nSPS) is 51.2. The number of hydrogen-bond donors (Lipinski definition) is 0. The molecule has 1 unspecified atom stereocenters. The first-order valence-electron chi connectivity index (χ1n) is 6.43. The van der Waals surface area contributed by atoms with Gasteiger partial charge in [-0.1, -0.05) is 13.8 Å². The summed E-state index contributed by atoms with van der Waals surface area (Å²) >= 11 is 0. The van der Waals surface area contributed by atoms with Gasteiger partial charge in [0, 0.05) is 0 Å². The first-order valence-corrected chi connectivity index (χ1v) is 7.51. The van der Waals surface area contributed by atoms with Crippen molar-refractivity contribution in [3.63, 3.8) is 0 Å². The Morgan fingerprint density at radius 2 is 1.36 bits per heavy atom. The Labute approximate surface area is 90.0 Å². The highest BCUT2D eigenvalue weighted by Crippen LogP contribution is 2.63. The molecular formula is C13H23P. The van der Waals surface area contributed by atoms with Gasteiger partial charge >= 0.3 is 0 Å². The van der Waals surface area contributed by atoms with Crippen LogP contribution in [0.2, 0.25) is 0 Å². The molecule has 4 saturated carbocycles. The zero-order chi connectivity index (χ0) is 9.76. The van der Waals surface area contributed by atoms with E-state index >= 15 is 0 Å². The van der Waals surface area contributed by atoms with E-state index in [1.807, 2.05) is 0 Å². The van der Waals surface area contributed by atoms with E-state index in [2.05, 4.69) is 13.8 Å². The van der Waals surface area contributed by atoms with Crippen LogP contribution in [0.25, 0.3) is 0 Å². The molecule has 0 aromatic rings. The molecule has 0 N–H and O–H groups in total. The molecule has 14 heavy (non-hydrogen) atoms. The van der Waals surface area contributed by atoms with Crippen molar-refractivity contribution in [2.45, 2.75) is 63.2 Å². The van der Waals surface area contributed by atoms with E-state index in [1.165, 1.54) is 8.58 Å². The molecule has 0 saturated heterocycles. The molecule has 4 aliphatic carbocycles. The SMILES string of the molecule is CC(C)PC12CC3CC(CC(C3)C1)C2. The second kappa shape index (κ2) is 3.21. The third-order valence-electron chi connectivity index (χ3n) is 4.63.